The van der Waals surface area contributed by atoms with E-state index in [1.54, 1.807) is 4.68 Å². The van der Waals surface area contributed by atoms with Gasteiger partial charge in [0.25, 0.3) is 5.56 Å². The predicted octanol–water partition coefficient (Wildman–Crippen LogP) is 3.04. The highest BCUT2D eigenvalue weighted by atomic mass is 16.1. The molecular formula is C14H18N2O. The van der Waals surface area contributed by atoms with Crippen molar-refractivity contribution in [1.29, 1.82) is 0 Å². The Labute approximate surface area is 101 Å². The van der Waals surface area contributed by atoms with Gasteiger partial charge in [-0.3, -0.25) is 9.89 Å². The number of H-pyrrole nitrogens is 1. The van der Waals surface area contributed by atoms with Gasteiger partial charge >= 0.3 is 0 Å². The van der Waals surface area contributed by atoms with Crippen LogP contribution in [0.4, 0.5) is 0 Å². The van der Waals surface area contributed by atoms with Crippen molar-refractivity contribution in [3.05, 3.63) is 45.9 Å². The number of aromatic amines is 1. The third kappa shape index (κ3) is 2.05. The van der Waals surface area contributed by atoms with Crippen LogP contribution in [-0.2, 0) is 0 Å². The van der Waals surface area contributed by atoms with E-state index in [0.717, 1.165) is 16.8 Å². The highest BCUT2D eigenvalue weighted by Crippen LogP contribution is 2.19. The molecule has 3 nitrogen and oxygen atoms in total. The minimum absolute atomic E-state index is 0.0568. The molecule has 0 fully saturated rings. The van der Waals surface area contributed by atoms with Crippen molar-refractivity contribution >= 4 is 0 Å². The second-order valence-electron chi connectivity index (χ2n) is 4.75. The summed E-state index contributed by atoms with van der Waals surface area (Å²) in [5.74, 6) is 0. The molecule has 0 atom stereocenters. The summed E-state index contributed by atoms with van der Waals surface area (Å²) in [6, 6.07) is 8.21. The Morgan fingerprint density at radius 1 is 1.12 bits per heavy atom. The Morgan fingerprint density at radius 2 is 1.71 bits per heavy atom. The molecule has 17 heavy (non-hydrogen) atoms. The summed E-state index contributed by atoms with van der Waals surface area (Å²) >= 11 is 0. The molecule has 1 N–H and O–H groups in total. The van der Waals surface area contributed by atoms with E-state index in [0.29, 0.717) is 0 Å². The molecule has 1 aromatic heterocycles. The van der Waals surface area contributed by atoms with Gasteiger partial charge in [-0.25, -0.2) is 4.68 Å². The number of hydrogen-bond donors (Lipinski definition) is 1. The summed E-state index contributed by atoms with van der Waals surface area (Å²) in [5, 5.41) is 3.13. The van der Waals surface area contributed by atoms with Crippen LogP contribution in [0.3, 0.4) is 0 Å². The molecule has 0 spiro atoms. The fourth-order valence-corrected chi connectivity index (χ4v) is 1.99. The molecular weight excluding hydrogens is 212 g/mol. The second-order valence-corrected chi connectivity index (χ2v) is 4.75. The molecule has 0 amide bonds. The Kier molecular flexibility index (Phi) is 2.92. The zero-order valence-corrected chi connectivity index (χ0v) is 10.7. The van der Waals surface area contributed by atoms with Gasteiger partial charge in [-0.15, -0.1) is 0 Å². The van der Waals surface area contributed by atoms with Crippen LogP contribution >= 0.6 is 0 Å². The van der Waals surface area contributed by atoms with Crippen LogP contribution < -0.4 is 5.56 Å². The first-order chi connectivity index (χ1) is 8.00. The summed E-state index contributed by atoms with van der Waals surface area (Å²) in [6.45, 7) is 7.97. The smallest absolute Gasteiger partial charge is 0.274 e. The zero-order valence-electron chi connectivity index (χ0n) is 10.7. The van der Waals surface area contributed by atoms with E-state index in [9.17, 15) is 4.79 Å². The van der Waals surface area contributed by atoms with Crippen LogP contribution in [-0.4, -0.2) is 9.78 Å². The molecule has 2 rings (SSSR count). The molecule has 3 heteroatoms. The minimum Gasteiger partial charge on any atom is -0.299 e. The van der Waals surface area contributed by atoms with Crippen molar-refractivity contribution < 1.29 is 0 Å². The first-order valence-corrected chi connectivity index (χ1v) is 5.89. The number of rotatable bonds is 2. The van der Waals surface area contributed by atoms with Crippen molar-refractivity contribution in [2.45, 2.75) is 33.7 Å². The molecule has 90 valence electrons. The summed E-state index contributed by atoms with van der Waals surface area (Å²) in [6.07, 6.45) is 0. The van der Waals surface area contributed by atoms with Gasteiger partial charge in [-0.2, -0.15) is 0 Å². The molecule has 1 aromatic carbocycles. The number of aryl methyl sites for hydroxylation is 2. The minimum atomic E-state index is 0.0568. The fourth-order valence-electron chi connectivity index (χ4n) is 1.99. The third-order valence-electron chi connectivity index (χ3n) is 2.95. The zero-order chi connectivity index (χ0) is 12.6. The largest absolute Gasteiger partial charge is 0.299 e. The van der Waals surface area contributed by atoms with Crippen LogP contribution in [0.5, 0.6) is 0 Å². The van der Waals surface area contributed by atoms with Gasteiger partial charge in [-0.05, 0) is 33.3 Å². The third-order valence-corrected chi connectivity index (χ3v) is 2.95. The molecule has 0 aliphatic rings. The van der Waals surface area contributed by atoms with Crippen molar-refractivity contribution in [2.24, 2.45) is 0 Å². The van der Waals surface area contributed by atoms with Crippen molar-refractivity contribution in [1.82, 2.24) is 9.78 Å². The van der Waals surface area contributed by atoms with Crippen molar-refractivity contribution in [3.8, 4) is 11.1 Å². The van der Waals surface area contributed by atoms with E-state index in [1.807, 2.05) is 52.0 Å². The van der Waals surface area contributed by atoms with Crippen LogP contribution in [0.15, 0.2) is 29.1 Å². The number of aromatic nitrogens is 2. The average molecular weight is 230 g/mol. The predicted molar refractivity (Wildman–Crippen MR) is 70.3 cm³/mol. The molecule has 0 saturated heterocycles. The SMILES string of the molecule is Cc1ccc(-c2c(C)[nH]n(C(C)C)c2=O)cc1. The Balaban J connectivity index is 2.60. The summed E-state index contributed by atoms with van der Waals surface area (Å²) in [7, 11) is 0. The van der Waals surface area contributed by atoms with Gasteiger partial charge in [0, 0.05) is 11.7 Å². The lowest BCUT2D eigenvalue weighted by Gasteiger charge is -2.03. The quantitative estimate of drug-likeness (QED) is 0.846. The lowest BCUT2D eigenvalue weighted by Crippen LogP contribution is -2.19. The van der Waals surface area contributed by atoms with Crippen LogP contribution in [0.1, 0.15) is 31.1 Å². The monoisotopic (exact) mass is 230 g/mol. The van der Waals surface area contributed by atoms with E-state index >= 15 is 0 Å². The molecule has 1 heterocycles. The highest BCUT2D eigenvalue weighted by molar-refractivity contribution is 5.65. The molecule has 0 unspecified atom stereocenters. The van der Waals surface area contributed by atoms with Crippen LogP contribution in [0, 0.1) is 13.8 Å². The maximum absolute atomic E-state index is 12.2. The first kappa shape index (κ1) is 11.7. The molecule has 0 radical (unpaired) electrons. The van der Waals surface area contributed by atoms with Gasteiger partial charge in [0.15, 0.2) is 0 Å². The fraction of sp³-hybridized carbons (Fsp3) is 0.357. The van der Waals surface area contributed by atoms with E-state index < -0.39 is 0 Å². The second kappa shape index (κ2) is 4.24. The maximum Gasteiger partial charge on any atom is 0.274 e. The number of nitrogens with one attached hydrogen (secondary N) is 1. The Hall–Kier alpha value is -1.77. The average Bonchev–Trinajstić information content (AvgIpc) is 2.56. The van der Waals surface area contributed by atoms with Crippen LogP contribution in [0.25, 0.3) is 11.1 Å². The van der Waals surface area contributed by atoms with Gasteiger partial charge in [0.2, 0.25) is 0 Å². The van der Waals surface area contributed by atoms with E-state index in [2.05, 4.69) is 5.10 Å². The summed E-state index contributed by atoms with van der Waals surface area (Å²) in [4.78, 5) is 12.2. The molecule has 0 saturated carbocycles. The Morgan fingerprint density at radius 3 is 2.18 bits per heavy atom. The lowest BCUT2D eigenvalue weighted by atomic mass is 10.1. The number of nitrogens with zero attached hydrogens (tertiary/aromatic N) is 1. The number of benzene rings is 1. The molecule has 0 bridgehead atoms. The lowest BCUT2D eigenvalue weighted by molar-refractivity contribution is 0.514. The molecule has 0 aliphatic heterocycles. The topological polar surface area (TPSA) is 37.8 Å². The van der Waals surface area contributed by atoms with Gasteiger partial charge in [-0.1, -0.05) is 29.8 Å². The van der Waals surface area contributed by atoms with Crippen LogP contribution in [0.2, 0.25) is 0 Å². The highest BCUT2D eigenvalue weighted by Gasteiger charge is 2.14. The standard InChI is InChI=1S/C14H18N2O/c1-9(2)16-14(17)13(11(4)15-16)12-7-5-10(3)6-8-12/h5-9,15H,1-4H3. The number of hydrogen-bond acceptors (Lipinski definition) is 1. The maximum atomic E-state index is 12.2. The van der Waals surface area contributed by atoms with E-state index in [4.69, 9.17) is 0 Å². The van der Waals surface area contributed by atoms with Gasteiger partial charge < -0.3 is 0 Å². The van der Waals surface area contributed by atoms with Gasteiger partial charge in [0.1, 0.15) is 0 Å². The Bertz CT molecular complexity index is 573. The summed E-state index contributed by atoms with van der Waals surface area (Å²) < 4.78 is 1.67. The van der Waals surface area contributed by atoms with Crippen molar-refractivity contribution in [3.63, 3.8) is 0 Å². The van der Waals surface area contributed by atoms with Crippen molar-refractivity contribution in [2.75, 3.05) is 0 Å². The van der Waals surface area contributed by atoms with E-state index in [-0.39, 0.29) is 11.6 Å². The molecule has 2 aromatic rings. The first-order valence-electron chi connectivity index (χ1n) is 5.89. The molecule has 0 aliphatic carbocycles. The summed E-state index contributed by atoms with van der Waals surface area (Å²) in [5.41, 5.74) is 3.94. The van der Waals surface area contributed by atoms with Gasteiger partial charge in [0.05, 0.1) is 5.56 Å². The normalized spacial score (nSPS) is 11.1. The van der Waals surface area contributed by atoms with E-state index in [1.165, 1.54) is 5.56 Å².